The number of nitrogens with zero attached hydrogens (tertiary/aromatic N) is 3. The van der Waals surface area contributed by atoms with Crippen LogP contribution in [0.3, 0.4) is 0 Å². The average molecular weight is 408 g/mol. The second-order valence-corrected chi connectivity index (χ2v) is 8.38. The molecule has 1 aliphatic rings. The molecule has 2 N–H and O–H groups in total. The smallest absolute Gasteiger partial charge is 0.225 e. The third kappa shape index (κ3) is 4.54. The number of fused-ring (bicyclic) bond motifs is 1. The van der Waals surface area contributed by atoms with E-state index in [4.69, 9.17) is 9.97 Å². The molecule has 1 saturated carbocycles. The molecule has 158 valence electrons. The number of nitrogens with one attached hydrogen (secondary N) is 2. The van der Waals surface area contributed by atoms with Gasteiger partial charge in [0.05, 0.1) is 5.52 Å². The summed E-state index contributed by atoms with van der Waals surface area (Å²) in [6.07, 6.45) is 4.29. The van der Waals surface area contributed by atoms with Crippen LogP contribution in [0.1, 0.15) is 36.8 Å². The van der Waals surface area contributed by atoms with Crippen LogP contribution in [-0.2, 0) is 6.54 Å². The first-order valence-corrected chi connectivity index (χ1v) is 10.7. The molecule has 0 aliphatic heterocycles. The van der Waals surface area contributed by atoms with E-state index in [0.29, 0.717) is 24.6 Å². The van der Waals surface area contributed by atoms with E-state index in [1.807, 2.05) is 50.2 Å². The van der Waals surface area contributed by atoms with Gasteiger partial charge in [-0.1, -0.05) is 24.3 Å². The van der Waals surface area contributed by atoms with Gasteiger partial charge in [0.25, 0.3) is 0 Å². The lowest BCUT2D eigenvalue weighted by atomic mass is 9.91. The van der Waals surface area contributed by atoms with Crippen molar-refractivity contribution >= 4 is 22.7 Å². The first kappa shape index (κ1) is 20.5. The summed E-state index contributed by atoms with van der Waals surface area (Å²) in [5, 5.41) is 8.22. The minimum Gasteiger partial charge on any atom is -0.362 e. The highest BCUT2D eigenvalue weighted by Gasteiger charge is 2.22. The van der Waals surface area contributed by atoms with Crippen LogP contribution in [0.15, 0.2) is 42.5 Å². The van der Waals surface area contributed by atoms with Crippen molar-refractivity contribution in [2.45, 2.75) is 51.2 Å². The van der Waals surface area contributed by atoms with Gasteiger partial charge in [0.2, 0.25) is 5.95 Å². The number of halogens is 1. The van der Waals surface area contributed by atoms with Crippen LogP contribution in [0.2, 0.25) is 0 Å². The van der Waals surface area contributed by atoms with E-state index in [0.717, 1.165) is 53.5 Å². The van der Waals surface area contributed by atoms with Crippen LogP contribution in [0.5, 0.6) is 0 Å². The monoisotopic (exact) mass is 407 g/mol. The van der Waals surface area contributed by atoms with Crippen molar-refractivity contribution in [1.82, 2.24) is 15.3 Å². The van der Waals surface area contributed by atoms with Gasteiger partial charge in [0.15, 0.2) is 0 Å². The molecule has 3 aromatic rings. The molecule has 1 fully saturated rings. The molecular weight excluding hydrogens is 377 g/mol. The van der Waals surface area contributed by atoms with Crippen LogP contribution in [0, 0.1) is 12.7 Å². The maximum atomic E-state index is 13.7. The SMILES string of the molecule is Cc1c(F)cccc1CN[C@H]1CC[C@@H](Nc2nc(N(C)C)c3ccccc3n2)CC1. The van der Waals surface area contributed by atoms with Crippen molar-refractivity contribution in [2.75, 3.05) is 24.3 Å². The molecule has 0 bridgehead atoms. The summed E-state index contributed by atoms with van der Waals surface area (Å²) in [6.45, 7) is 2.56. The zero-order valence-electron chi connectivity index (χ0n) is 18.0. The molecule has 5 nitrogen and oxygen atoms in total. The van der Waals surface area contributed by atoms with Gasteiger partial charge < -0.3 is 15.5 Å². The summed E-state index contributed by atoms with van der Waals surface area (Å²) in [7, 11) is 4.02. The summed E-state index contributed by atoms with van der Waals surface area (Å²) in [6, 6.07) is 14.3. The molecule has 4 rings (SSSR count). The van der Waals surface area contributed by atoms with Gasteiger partial charge in [-0.3, -0.25) is 0 Å². The molecule has 1 aromatic heterocycles. The lowest BCUT2D eigenvalue weighted by Crippen LogP contribution is -2.37. The molecule has 2 aromatic carbocycles. The van der Waals surface area contributed by atoms with E-state index in [1.165, 1.54) is 6.07 Å². The van der Waals surface area contributed by atoms with E-state index in [2.05, 4.69) is 16.7 Å². The lowest BCUT2D eigenvalue weighted by Gasteiger charge is -2.30. The summed E-state index contributed by atoms with van der Waals surface area (Å²) < 4.78 is 13.7. The number of rotatable bonds is 6. The van der Waals surface area contributed by atoms with Crippen molar-refractivity contribution in [3.63, 3.8) is 0 Å². The number of benzene rings is 2. The van der Waals surface area contributed by atoms with Gasteiger partial charge in [-0.05, 0) is 61.9 Å². The quantitative estimate of drug-likeness (QED) is 0.623. The lowest BCUT2D eigenvalue weighted by molar-refractivity contribution is 0.352. The number of hydrogen-bond acceptors (Lipinski definition) is 5. The summed E-state index contributed by atoms with van der Waals surface area (Å²) in [5.41, 5.74) is 2.74. The standard InChI is InChI=1S/C24H30FN5/c1-16-17(7-6-9-21(16)25)15-26-18-11-13-19(14-12-18)27-24-28-22-10-5-4-8-20(22)23(29-24)30(2)3/h4-10,18-19,26H,11-15H2,1-3H3,(H,27,28,29)/t18-,19+. The van der Waals surface area contributed by atoms with Gasteiger partial charge in [0, 0.05) is 38.1 Å². The predicted octanol–water partition coefficient (Wildman–Crippen LogP) is 4.66. The number of para-hydroxylation sites is 1. The Bertz CT molecular complexity index is 1010. The van der Waals surface area contributed by atoms with Gasteiger partial charge >= 0.3 is 0 Å². The summed E-state index contributed by atoms with van der Waals surface area (Å²) in [4.78, 5) is 11.5. The first-order valence-electron chi connectivity index (χ1n) is 10.7. The average Bonchev–Trinajstić information content (AvgIpc) is 2.75. The summed E-state index contributed by atoms with van der Waals surface area (Å²) >= 11 is 0. The second-order valence-electron chi connectivity index (χ2n) is 8.38. The Hall–Kier alpha value is -2.73. The Kier molecular flexibility index (Phi) is 6.13. The fourth-order valence-corrected chi connectivity index (χ4v) is 4.19. The highest BCUT2D eigenvalue weighted by atomic mass is 19.1. The fraction of sp³-hybridized carbons (Fsp3) is 0.417. The fourth-order valence-electron chi connectivity index (χ4n) is 4.19. The van der Waals surface area contributed by atoms with Crippen molar-refractivity contribution < 1.29 is 4.39 Å². The Labute approximate surface area is 177 Å². The molecule has 0 unspecified atom stereocenters. The molecule has 1 heterocycles. The molecule has 30 heavy (non-hydrogen) atoms. The molecule has 1 aliphatic carbocycles. The third-order valence-electron chi connectivity index (χ3n) is 6.03. The molecule has 0 saturated heterocycles. The number of anilines is 2. The maximum Gasteiger partial charge on any atom is 0.225 e. The van der Waals surface area contributed by atoms with E-state index in [9.17, 15) is 4.39 Å². The predicted molar refractivity (Wildman–Crippen MR) is 122 cm³/mol. The minimum absolute atomic E-state index is 0.130. The van der Waals surface area contributed by atoms with Gasteiger partial charge in [-0.15, -0.1) is 0 Å². The Morgan fingerprint density at radius 3 is 2.47 bits per heavy atom. The van der Waals surface area contributed by atoms with Gasteiger partial charge in [0.1, 0.15) is 11.6 Å². The van der Waals surface area contributed by atoms with Crippen molar-refractivity contribution in [3.05, 3.63) is 59.4 Å². The van der Waals surface area contributed by atoms with E-state index < -0.39 is 0 Å². The third-order valence-corrected chi connectivity index (χ3v) is 6.03. The van der Waals surface area contributed by atoms with Crippen LogP contribution < -0.4 is 15.5 Å². The largest absolute Gasteiger partial charge is 0.362 e. The molecule has 0 amide bonds. The van der Waals surface area contributed by atoms with Crippen molar-refractivity contribution in [1.29, 1.82) is 0 Å². The Morgan fingerprint density at radius 1 is 0.967 bits per heavy atom. The van der Waals surface area contributed by atoms with Crippen LogP contribution in [0.25, 0.3) is 10.9 Å². The molecular formula is C24H30FN5. The number of aromatic nitrogens is 2. The summed E-state index contributed by atoms with van der Waals surface area (Å²) in [5.74, 6) is 1.50. The zero-order chi connectivity index (χ0) is 21.1. The molecule has 0 radical (unpaired) electrons. The van der Waals surface area contributed by atoms with E-state index >= 15 is 0 Å². The minimum atomic E-state index is -0.130. The van der Waals surface area contributed by atoms with Crippen molar-refractivity contribution in [3.8, 4) is 0 Å². The zero-order valence-corrected chi connectivity index (χ0v) is 18.0. The highest BCUT2D eigenvalue weighted by molar-refractivity contribution is 5.90. The second kappa shape index (κ2) is 8.96. The van der Waals surface area contributed by atoms with E-state index in [1.54, 1.807) is 6.07 Å². The Balaban J connectivity index is 1.35. The van der Waals surface area contributed by atoms with Crippen LogP contribution in [0.4, 0.5) is 16.2 Å². The van der Waals surface area contributed by atoms with Crippen LogP contribution in [-0.4, -0.2) is 36.1 Å². The van der Waals surface area contributed by atoms with Gasteiger partial charge in [-0.2, -0.15) is 4.98 Å². The first-order chi connectivity index (χ1) is 14.5. The maximum absolute atomic E-state index is 13.7. The van der Waals surface area contributed by atoms with Crippen LogP contribution >= 0.6 is 0 Å². The topological polar surface area (TPSA) is 53.1 Å². The highest BCUT2D eigenvalue weighted by Crippen LogP contribution is 2.26. The molecule has 0 spiro atoms. The number of hydrogen-bond donors (Lipinski definition) is 2. The normalized spacial score (nSPS) is 19.1. The van der Waals surface area contributed by atoms with Gasteiger partial charge in [-0.25, -0.2) is 9.37 Å². The molecule has 0 atom stereocenters. The molecule has 6 heteroatoms. The Morgan fingerprint density at radius 2 is 1.70 bits per heavy atom. The van der Waals surface area contributed by atoms with Crippen molar-refractivity contribution in [2.24, 2.45) is 0 Å². The van der Waals surface area contributed by atoms with E-state index in [-0.39, 0.29) is 5.82 Å².